The van der Waals surface area contributed by atoms with Crippen molar-refractivity contribution >= 4 is 5.97 Å². The van der Waals surface area contributed by atoms with Crippen LogP contribution < -0.4 is 0 Å². The van der Waals surface area contributed by atoms with Crippen LogP contribution in [0.25, 0.3) is 0 Å². The van der Waals surface area contributed by atoms with Crippen molar-refractivity contribution in [2.45, 2.75) is 18.8 Å². The highest BCUT2D eigenvalue weighted by atomic mass is 16.5. The summed E-state index contributed by atoms with van der Waals surface area (Å²) in [4.78, 5) is 15.5. The summed E-state index contributed by atoms with van der Waals surface area (Å²) in [5.41, 5.74) is 1.51. The molecular weight excluding hydrogens is 192 g/mol. The first-order valence-corrected chi connectivity index (χ1v) is 4.75. The molecule has 0 N–H and O–H groups in total. The molecule has 0 aliphatic heterocycles. The van der Waals surface area contributed by atoms with Gasteiger partial charge < -0.3 is 4.74 Å². The van der Waals surface area contributed by atoms with Gasteiger partial charge in [-0.25, -0.2) is 9.78 Å². The number of ether oxygens (including phenoxy) is 1. The first-order chi connectivity index (χ1) is 7.24. The minimum absolute atomic E-state index is 0.221. The number of esters is 1. The van der Waals surface area contributed by atoms with Crippen LogP contribution in [0.15, 0.2) is 12.1 Å². The van der Waals surface area contributed by atoms with E-state index >= 15 is 0 Å². The SMILES string of the molecule is COC(=O)c1cc(C#N)cc(C2CC2)n1. The van der Waals surface area contributed by atoms with Crippen molar-refractivity contribution in [3.63, 3.8) is 0 Å². The predicted molar refractivity (Wildman–Crippen MR) is 52.3 cm³/mol. The average Bonchev–Trinajstić information content (AvgIpc) is 3.11. The molecule has 0 spiro atoms. The van der Waals surface area contributed by atoms with E-state index in [-0.39, 0.29) is 5.69 Å². The van der Waals surface area contributed by atoms with E-state index in [1.807, 2.05) is 6.07 Å². The molecule has 1 heterocycles. The Morgan fingerprint density at radius 3 is 2.87 bits per heavy atom. The zero-order valence-corrected chi connectivity index (χ0v) is 8.36. The molecule has 0 saturated heterocycles. The number of rotatable bonds is 2. The number of nitriles is 1. The number of hydrogen-bond donors (Lipinski definition) is 0. The Labute approximate surface area is 87.5 Å². The number of carbonyl (C=O) groups excluding carboxylic acids is 1. The summed E-state index contributed by atoms with van der Waals surface area (Å²) < 4.78 is 4.58. The van der Waals surface area contributed by atoms with Gasteiger partial charge in [-0.1, -0.05) is 0 Å². The van der Waals surface area contributed by atoms with E-state index < -0.39 is 5.97 Å². The summed E-state index contributed by atoms with van der Waals surface area (Å²) >= 11 is 0. The lowest BCUT2D eigenvalue weighted by Crippen LogP contribution is -2.06. The van der Waals surface area contributed by atoms with Gasteiger partial charge in [0.2, 0.25) is 0 Å². The lowest BCUT2D eigenvalue weighted by Gasteiger charge is -2.02. The molecule has 2 rings (SSSR count). The van der Waals surface area contributed by atoms with Gasteiger partial charge >= 0.3 is 5.97 Å². The van der Waals surface area contributed by atoms with Crippen LogP contribution in [0, 0.1) is 11.3 Å². The summed E-state index contributed by atoms with van der Waals surface area (Å²) in [6, 6.07) is 5.22. The van der Waals surface area contributed by atoms with Crippen molar-refractivity contribution in [2.75, 3.05) is 7.11 Å². The first-order valence-electron chi connectivity index (χ1n) is 4.75. The van der Waals surface area contributed by atoms with Gasteiger partial charge in [0.1, 0.15) is 5.69 Å². The lowest BCUT2D eigenvalue weighted by molar-refractivity contribution is 0.0593. The van der Waals surface area contributed by atoms with Crippen LogP contribution in [0.5, 0.6) is 0 Å². The summed E-state index contributed by atoms with van der Waals surface area (Å²) in [6.45, 7) is 0. The molecule has 0 amide bonds. The van der Waals surface area contributed by atoms with Crippen LogP contribution >= 0.6 is 0 Å². The standard InChI is InChI=1S/C11H10N2O2/c1-15-11(14)10-5-7(6-12)4-9(13-10)8-2-3-8/h4-5,8H,2-3H2,1H3. The second-order valence-electron chi connectivity index (χ2n) is 3.54. The Hall–Kier alpha value is -1.89. The maximum absolute atomic E-state index is 11.3. The van der Waals surface area contributed by atoms with Crippen molar-refractivity contribution in [1.82, 2.24) is 4.98 Å². The Bertz CT molecular complexity index is 444. The van der Waals surface area contributed by atoms with Gasteiger partial charge in [0.15, 0.2) is 0 Å². The van der Waals surface area contributed by atoms with E-state index in [0.29, 0.717) is 11.5 Å². The molecule has 0 radical (unpaired) electrons. The molecule has 4 nitrogen and oxygen atoms in total. The first kappa shape index (κ1) is 9.66. The minimum Gasteiger partial charge on any atom is -0.464 e. The third-order valence-corrected chi connectivity index (χ3v) is 2.36. The smallest absolute Gasteiger partial charge is 0.356 e. The lowest BCUT2D eigenvalue weighted by atomic mass is 10.1. The van der Waals surface area contributed by atoms with Crippen molar-refractivity contribution < 1.29 is 9.53 Å². The van der Waals surface area contributed by atoms with E-state index in [9.17, 15) is 4.79 Å². The van der Waals surface area contributed by atoms with Gasteiger partial charge in [0.25, 0.3) is 0 Å². The van der Waals surface area contributed by atoms with Crippen molar-refractivity contribution in [1.29, 1.82) is 5.26 Å². The van der Waals surface area contributed by atoms with Gasteiger partial charge in [-0.05, 0) is 25.0 Å². The van der Waals surface area contributed by atoms with E-state index in [1.54, 1.807) is 6.07 Å². The van der Waals surface area contributed by atoms with Crippen LogP contribution in [-0.2, 0) is 4.74 Å². The molecule has 15 heavy (non-hydrogen) atoms. The number of methoxy groups -OCH3 is 1. The van der Waals surface area contributed by atoms with E-state index in [2.05, 4.69) is 9.72 Å². The van der Waals surface area contributed by atoms with E-state index in [4.69, 9.17) is 5.26 Å². The van der Waals surface area contributed by atoms with Gasteiger partial charge in [0, 0.05) is 11.6 Å². The molecule has 0 bridgehead atoms. The largest absolute Gasteiger partial charge is 0.464 e. The second kappa shape index (κ2) is 3.70. The molecular formula is C11H10N2O2. The third-order valence-electron chi connectivity index (χ3n) is 2.36. The fraction of sp³-hybridized carbons (Fsp3) is 0.364. The fourth-order valence-electron chi connectivity index (χ4n) is 1.41. The van der Waals surface area contributed by atoms with E-state index in [1.165, 1.54) is 13.2 Å². The molecule has 76 valence electrons. The van der Waals surface area contributed by atoms with Gasteiger partial charge in [-0.15, -0.1) is 0 Å². The maximum atomic E-state index is 11.3. The Morgan fingerprint density at radius 1 is 1.60 bits per heavy atom. The molecule has 1 aromatic heterocycles. The van der Waals surface area contributed by atoms with Crippen LogP contribution in [0.2, 0.25) is 0 Å². The van der Waals surface area contributed by atoms with Crippen molar-refractivity contribution in [2.24, 2.45) is 0 Å². The van der Waals surface area contributed by atoms with Crippen LogP contribution in [0.4, 0.5) is 0 Å². The Morgan fingerprint density at radius 2 is 2.33 bits per heavy atom. The quantitative estimate of drug-likeness (QED) is 0.683. The highest BCUT2D eigenvalue weighted by Gasteiger charge is 2.26. The molecule has 1 fully saturated rings. The van der Waals surface area contributed by atoms with Crippen LogP contribution in [0.1, 0.15) is 40.5 Å². The number of pyridine rings is 1. The third kappa shape index (κ3) is 1.96. The zero-order valence-electron chi connectivity index (χ0n) is 8.36. The highest BCUT2D eigenvalue weighted by Crippen LogP contribution is 2.39. The van der Waals surface area contributed by atoms with Gasteiger partial charge in [-0.3, -0.25) is 0 Å². The maximum Gasteiger partial charge on any atom is 0.356 e. The van der Waals surface area contributed by atoms with Crippen LogP contribution in [0.3, 0.4) is 0 Å². The zero-order chi connectivity index (χ0) is 10.8. The monoisotopic (exact) mass is 202 g/mol. The normalized spacial score (nSPS) is 14.4. The highest BCUT2D eigenvalue weighted by molar-refractivity contribution is 5.87. The molecule has 1 saturated carbocycles. The molecule has 1 aliphatic carbocycles. The molecule has 4 heteroatoms. The number of hydrogen-bond acceptors (Lipinski definition) is 4. The molecule has 0 unspecified atom stereocenters. The number of carbonyl (C=O) groups is 1. The number of aromatic nitrogens is 1. The van der Waals surface area contributed by atoms with Crippen molar-refractivity contribution in [3.05, 3.63) is 29.1 Å². The Balaban J connectivity index is 2.42. The average molecular weight is 202 g/mol. The molecule has 1 aliphatic rings. The predicted octanol–water partition coefficient (Wildman–Crippen LogP) is 1.62. The van der Waals surface area contributed by atoms with E-state index in [0.717, 1.165) is 18.5 Å². The number of nitrogens with zero attached hydrogens (tertiary/aromatic N) is 2. The van der Waals surface area contributed by atoms with Crippen LogP contribution in [-0.4, -0.2) is 18.1 Å². The van der Waals surface area contributed by atoms with Gasteiger partial charge in [0.05, 0.1) is 18.7 Å². The Kier molecular flexibility index (Phi) is 2.38. The van der Waals surface area contributed by atoms with Crippen molar-refractivity contribution in [3.8, 4) is 6.07 Å². The minimum atomic E-state index is -0.492. The summed E-state index contributed by atoms with van der Waals surface area (Å²) in [6.07, 6.45) is 2.17. The van der Waals surface area contributed by atoms with Gasteiger partial charge in [-0.2, -0.15) is 5.26 Å². The summed E-state index contributed by atoms with van der Waals surface area (Å²) in [7, 11) is 1.31. The summed E-state index contributed by atoms with van der Waals surface area (Å²) in [5.74, 6) is -0.0734. The molecule has 1 aromatic rings. The topological polar surface area (TPSA) is 63.0 Å². The fourth-order valence-corrected chi connectivity index (χ4v) is 1.41. The molecule has 0 aromatic carbocycles. The molecule has 0 atom stereocenters. The summed E-state index contributed by atoms with van der Waals surface area (Å²) in [5, 5.41) is 8.81. The second-order valence-corrected chi connectivity index (χ2v) is 3.54.